The summed E-state index contributed by atoms with van der Waals surface area (Å²) in [5.74, 6) is 1.33. The van der Waals surface area contributed by atoms with E-state index in [2.05, 4.69) is 14.9 Å². The van der Waals surface area contributed by atoms with E-state index in [9.17, 15) is 8.42 Å². The molecule has 0 aliphatic carbocycles. The number of rotatable bonds is 4. The van der Waals surface area contributed by atoms with Crippen LogP contribution < -0.4 is 4.90 Å². The van der Waals surface area contributed by atoms with Crippen molar-refractivity contribution >= 4 is 15.8 Å². The van der Waals surface area contributed by atoms with E-state index < -0.39 is 10.0 Å². The number of sulfonamides is 1. The highest BCUT2D eigenvalue weighted by atomic mass is 32.2. The van der Waals surface area contributed by atoms with Crippen LogP contribution in [-0.2, 0) is 10.0 Å². The Hall–Kier alpha value is -1.21. The first-order valence-electron chi connectivity index (χ1n) is 6.23. The third-order valence-electron chi connectivity index (χ3n) is 3.65. The normalized spacial score (nSPS) is 16.8. The largest absolute Gasteiger partial charge is 0.355 e. The summed E-state index contributed by atoms with van der Waals surface area (Å²) in [7, 11) is -1.46. The van der Waals surface area contributed by atoms with Crippen molar-refractivity contribution in [3.8, 4) is 0 Å². The molecule has 106 valence electrons. The Bertz CT molecular complexity index is 567. The van der Waals surface area contributed by atoms with Crippen LogP contribution in [-0.4, -0.2) is 55.6 Å². The quantitative estimate of drug-likeness (QED) is 0.802. The molecule has 2 heterocycles. The van der Waals surface area contributed by atoms with Crippen LogP contribution >= 0.6 is 0 Å². The van der Waals surface area contributed by atoms with E-state index in [4.69, 9.17) is 0 Å². The molecule has 0 unspecified atom stereocenters. The molecule has 7 heteroatoms. The number of aromatic nitrogens is 2. The van der Waals surface area contributed by atoms with Crippen LogP contribution in [0.25, 0.3) is 0 Å². The average Bonchev–Trinajstić information content (AvgIpc) is 2.26. The molecule has 19 heavy (non-hydrogen) atoms. The zero-order chi connectivity index (χ0) is 14.2. The van der Waals surface area contributed by atoms with E-state index in [1.807, 2.05) is 13.8 Å². The third kappa shape index (κ3) is 3.03. The van der Waals surface area contributed by atoms with Crippen molar-refractivity contribution in [3.63, 3.8) is 0 Å². The molecule has 6 nitrogen and oxygen atoms in total. The average molecular weight is 284 g/mol. The van der Waals surface area contributed by atoms with Gasteiger partial charge in [-0.15, -0.1) is 0 Å². The van der Waals surface area contributed by atoms with E-state index in [-0.39, 0.29) is 0 Å². The minimum Gasteiger partial charge on any atom is -0.355 e. The zero-order valence-electron chi connectivity index (χ0n) is 11.8. The van der Waals surface area contributed by atoms with E-state index in [0.29, 0.717) is 12.5 Å². The van der Waals surface area contributed by atoms with Crippen LogP contribution in [0.3, 0.4) is 0 Å². The number of hydrogen-bond acceptors (Lipinski definition) is 5. The summed E-state index contributed by atoms with van der Waals surface area (Å²) in [6.07, 6.45) is 2.81. The fraction of sp³-hybridized carbons (Fsp3) is 0.667. The standard InChI is InChI=1S/C12H20N4O2S/c1-9-10(2)13-8-14-12(9)16-6-11(7-16)5-15(3)19(4,17)18/h8,11H,5-7H2,1-4H3. The second-order valence-electron chi connectivity index (χ2n) is 5.22. The Morgan fingerprint density at radius 1 is 1.37 bits per heavy atom. The second kappa shape index (κ2) is 5.05. The van der Waals surface area contributed by atoms with Gasteiger partial charge in [0.15, 0.2) is 0 Å². The first-order valence-corrected chi connectivity index (χ1v) is 8.08. The van der Waals surface area contributed by atoms with Gasteiger partial charge in [-0.3, -0.25) is 0 Å². The van der Waals surface area contributed by atoms with Crippen molar-refractivity contribution in [2.24, 2.45) is 5.92 Å². The van der Waals surface area contributed by atoms with Crippen LogP contribution in [0.15, 0.2) is 6.33 Å². The Morgan fingerprint density at radius 2 is 2.00 bits per heavy atom. The molecule has 1 aromatic heterocycles. The van der Waals surface area contributed by atoms with Crippen molar-refractivity contribution in [1.29, 1.82) is 0 Å². The molecule has 1 saturated heterocycles. The van der Waals surface area contributed by atoms with Gasteiger partial charge in [-0.25, -0.2) is 22.7 Å². The third-order valence-corrected chi connectivity index (χ3v) is 4.93. The predicted octanol–water partition coefficient (Wildman–Crippen LogP) is 0.421. The van der Waals surface area contributed by atoms with Gasteiger partial charge in [-0.05, 0) is 13.8 Å². The fourth-order valence-corrected chi connectivity index (χ4v) is 2.68. The summed E-state index contributed by atoms with van der Waals surface area (Å²) in [6.45, 7) is 6.24. The lowest BCUT2D eigenvalue weighted by Crippen LogP contribution is -2.52. The Balaban J connectivity index is 1.95. The highest BCUT2D eigenvalue weighted by Crippen LogP contribution is 2.26. The summed E-state index contributed by atoms with van der Waals surface area (Å²) < 4.78 is 24.1. The molecule has 2 rings (SSSR count). The molecule has 0 amide bonds. The molecular weight excluding hydrogens is 264 g/mol. The Kier molecular flexibility index (Phi) is 3.78. The summed E-state index contributed by atoms with van der Waals surface area (Å²) in [5.41, 5.74) is 2.08. The van der Waals surface area contributed by atoms with Crippen molar-refractivity contribution in [2.75, 3.05) is 37.8 Å². The maximum atomic E-state index is 11.3. The topological polar surface area (TPSA) is 66.4 Å². The van der Waals surface area contributed by atoms with Gasteiger partial charge in [0.1, 0.15) is 12.1 Å². The van der Waals surface area contributed by atoms with Crippen molar-refractivity contribution in [1.82, 2.24) is 14.3 Å². The van der Waals surface area contributed by atoms with Crippen molar-refractivity contribution < 1.29 is 8.42 Å². The summed E-state index contributed by atoms with van der Waals surface area (Å²) in [6, 6.07) is 0. The highest BCUT2D eigenvalue weighted by molar-refractivity contribution is 7.88. The van der Waals surface area contributed by atoms with Gasteiger partial charge >= 0.3 is 0 Å². The molecule has 0 aromatic carbocycles. The molecule has 0 atom stereocenters. The minimum absolute atomic E-state index is 0.370. The molecule has 1 aliphatic rings. The molecule has 0 N–H and O–H groups in total. The van der Waals surface area contributed by atoms with Crippen LogP contribution in [0.5, 0.6) is 0 Å². The molecular formula is C12H20N4O2S. The van der Waals surface area contributed by atoms with Gasteiger partial charge < -0.3 is 4.90 Å². The maximum absolute atomic E-state index is 11.3. The van der Waals surface area contributed by atoms with Gasteiger partial charge in [0, 0.05) is 43.9 Å². The number of aryl methyl sites for hydroxylation is 1. The van der Waals surface area contributed by atoms with Crippen LogP contribution in [0.1, 0.15) is 11.3 Å². The van der Waals surface area contributed by atoms with E-state index in [1.54, 1.807) is 13.4 Å². The lowest BCUT2D eigenvalue weighted by Gasteiger charge is -2.42. The van der Waals surface area contributed by atoms with Gasteiger partial charge in [0.25, 0.3) is 0 Å². The van der Waals surface area contributed by atoms with Crippen LogP contribution in [0.2, 0.25) is 0 Å². The lowest BCUT2D eigenvalue weighted by molar-refractivity contribution is 0.326. The second-order valence-corrected chi connectivity index (χ2v) is 7.31. The van der Waals surface area contributed by atoms with Gasteiger partial charge in [0.2, 0.25) is 10.0 Å². The first-order chi connectivity index (χ1) is 8.79. The number of nitrogens with zero attached hydrogens (tertiary/aromatic N) is 4. The molecule has 0 bridgehead atoms. The van der Waals surface area contributed by atoms with Crippen LogP contribution in [0.4, 0.5) is 5.82 Å². The zero-order valence-corrected chi connectivity index (χ0v) is 12.6. The van der Waals surface area contributed by atoms with E-state index in [0.717, 1.165) is 30.2 Å². The van der Waals surface area contributed by atoms with E-state index >= 15 is 0 Å². The van der Waals surface area contributed by atoms with Crippen molar-refractivity contribution in [2.45, 2.75) is 13.8 Å². The summed E-state index contributed by atoms with van der Waals surface area (Å²) in [4.78, 5) is 10.6. The summed E-state index contributed by atoms with van der Waals surface area (Å²) >= 11 is 0. The first kappa shape index (κ1) is 14.2. The van der Waals surface area contributed by atoms with Gasteiger partial charge in [-0.2, -0.15) is 0 Å². The minimum atomic E-state index is -3.08. The smallest absolute Gasteiger partial charge is 0.210 e. The highest BCUT2D eigenvalue weighted by Gasteiger charge is 2.31. The predicted molar refractivity (Wildman–Crippen MR) is 74.7 cm³/mol. The summed E-state index contributed by atoms with van der Waals surface area (Å²) in [5, 5.41) is 0. The SMILES string of the molecule is Cc1ncnc(N2CC(CN(C)S(C)(=O)=O)C2)c1C. The molecule has 0 saturated carbocycles. The van der Waals surface area contributed by atoms with Gasteiger partial charge in [-0.1, -0.05) is 0 Å². The molecule has 1 aliphatic heterocycles. The van der Waals surface area contributed by atoms with E-state index in [1.165, 1.54) is 10.6 Å². The number of anilines is 1. The monoisotopic (exact) mass is 284 g/mol. The molecule has 0 radical (unpaired) electrons. The lowest BCUT2D eigenvalue weighted by atomic mass is 9.99. The Labute approximate surface area is 114 Å². The molecule has 0 spiro atoms. The Morgan fingerprint density at radius 3 is 2.58 bits per heavy atom. The molecule has 1 aromatic rings. The fourth-order valence-electron chi connectivity index (χ4n) is 2.20. The number of hydrogen-bond donors (Lipinski definition) is 0. The van der Waals surface area contributed by atoms with Gasteiger partial charge in [0.05, 0.1) is 6.26 Å². The maximum Gasteiger partial charge on any atom is 0.210 e. The van der Waals surface area contributed by atoms with Crippen LogP contribution in [0, 0.1) is 19.8 Å². The molecule has 1 fully saturated rings. The van der Waals surface area contributed by atoms with Crippen molar-refractivity contribution in [3.05, 3.63) is 17.6 Å².